The Balaban J connectivity index is 1.65. The van der Waals surface area contributed by atoms with Gasteiger partial charge in [-0.1, -0.05) is 31.2 Å². The summed E-state index contributed by atoms with van der Waals surface area (Å²) in [5.41, 5.74) is 4.07. The van der Waals surface area contributed by atoms with Crippen LogP contribution in [0.15, 0.2) is 42.5 Å². The van der Waals surface area contributed by atoms with Gasteiger partial charge in [-0.2, -0.15) is 0 Å². The van der Waals surface area contributed by atoms with Crippen LogP contribution in [0.4, 0.5) is 0 Å². The first kappa shape index (κ1) is 19.1. The quantitative estimate of drug-likeness (QED) is 0.823. The van der Waals surface area contributed by atoms with Gasteiger partial charge in [0.15, 0.2) is 0 Å². The number of rotatable bonds is 6. The Morgan fingerprint density at radius 1 is 1.15 bits per heavy atom. The Morgan fingerprint density at radius 3 is 2.56 bits per heavy atom. The highest BCUT2D eigenvalue weighted by molar-refractivity contribution is 5.97. The van der Waals surface area contributed by atoms with Crippen LogP contribution in [0.5, 0.6) is 0 Å². The third-order valence-corrected chi connectivity index (χ3v) is 5.23. The van der Waals surface area contributed by atoms with Gasteiger partial charge in [0.05, 0.1) is 5.56 Å². The average Bonchev–Trinajstić information content (AvgIpc) is 2.67. The van der Waals surface area contributed by atoms with Crippen LogP contribution in [0.1, 0.15) is 50.8 Å². The molecule has 1 atom stereocenters. The van der Waals surface area contributed by atoms with Crippen molar-refractivity contribution in [2.75, 3.05) is 13.1 Å². The number of carbonyl (C=O) groups excluding carboxylic acids is 1. The van der Waals surface area contributed by atoms with E-state index in [1.165, 1.54) is 17.2 Å². The number of carbonyl (C=O) groups is 2. The zero-order valence-corrected chi connectivity index (χ0v) is 15.9. The molecule has 3 rings (SSSR count). The second kappa shape index (κ2) is 8.35. The zero-order chi connectivity index (χ0) is 19.4. The number of aryl methyl sites for hydroxylation is 1. The molecule has 27 heavy (non-hydrogen) atoms. The first-order chi connectivity index (χ1) is 13.0. The summed E-state index contributed by atoms with van der Waals surface area (Å²) < 4.78 is 0. The molecule has 0 fully saturated rings. The summed E-state index contributed by atoms with van der Waals surface area (Å²) in [7, 11) is 0. The van der Waals surface area contributed by atoms with Gasteiger partial charge < -0.3 is 10.4 Å². The zero-order valence-electron chi connectivity index (χ0n) is 15.9. The molecule has 2 aromatic rings. The number of aromatic carboxylic acids is 1. The minimum Gasteiger partial charge on any atom is -0.478 e. The number of nitrogens with zero attached hydrogens (tertiary/aromatic N) is 1. The summed E-state index contributed by atoms with van der Waals surface area (Å²) in [5.74, 6) is -1.25. The fourth-order valence-electron chi connectivity index (χ4n) is 3.71. The molecule has 1 amide bonds. The highest BCUT2D eigenvalue weighted by Gasteiger charge is 2.23. The van der Waals surface area contributed by atoms with Crippen molar-refractivity contribution in [3.63, 3.8) is 0 Å². The molecule has 0 aliphatic carbocycles. The third kappa shape index (κ3) is 4.55. The molecular weight excluding hydrogens is 340 g/mol. The van der Waals surface area contributed by atoms with Crippen LogP contribution in [0, 0.1) is 6.92 Å². The second-order valence-corrected chi connectivity index (χ2v) is 7.15. The SMILES string of the molecule is CCC(CNC(=O)c1cc(C)cc(C(=O)O)c1)N1CCc2ccccc2C1. The first-order valence-electron chi connectivity index (χ1n) is 9.42. The van der Waals surface area contributed by atoms with Crippen molar-refractivity contribution in [2.45, 2.75) is 39.3 Å². The summed E-state index contributed by atoms with van der Waals surface area (Å²) in [5, 5.41) is 12.2. The summed E-state index contributed by atoms with van der Waals surface area (Å²) in [6.45, 7) is 6.36. The Hall–Kier alpha value is -2.66. The average molecular weight is 366 g/mol. The van der Waals surface area contributed by atoms with Crippen LogP contribution < -0.4 is 5.32 Å². The summed E-state index contributed by atoms with van der Waals surface area (Å²) in [4.78, 5) is 26.2. The van der Waals surface area contributed by atoms with Gasteiger partial charge in [-0.25, -0.2) is 4.79 Å². The normalized spacial score (nSPS) is 15.0. The van der Waals surface area contributed by atoms with Gasteiger partial charge in [0.25, 0.3) is 5.91 Å². The summed E-state index contributed by atoms with van der Waals surface area (Å²) >= 11 is 0. The molecule has 0 saturated carbocycles. The van der Waals surface area contributed by atoms with E-state index in [1.807, 2.05) is 0 Å². The molecule has 0 bridgehead atoms. The number of hydrogen-bond donors (Lipinski definition) is 2. The molecule has 2 N–H and O–H groups in total. The molecule has 1 aliphatic heterocycles. The number of carboxylic acid groups (broad SMARTS) is 1. The van der Waals surface area contributed by atoms with Gasteiger partial charge in [-0.3, -0.25) is 9.69 Å². The standard InChI is InChI=1S/C22H26N2O3/c1-3-20(24-9-8-16-6-4-5-7-17(16)14-24)13-23-21(25)18-10-15(2)11-19(12-18)22(26)27/h4-7,10-12,20H,3,8-9,13-14H2,1-2H3,(H,23,25)(H,26,27). The lowest BCUT2D eigenvalue weighted by molar-refractivity contribution is 0.0696. The maximum atomic E-state index is 12.6. The molecule has 1 unspecified atom stereocenters. The van der Waals surface area contributed by atoms with Gasteiger partial charge in [0.2, 0.25) is 0 Å². The molecule has 0 spiro atoms. The van der Waals surface area contributed by atoms with E-state index in [0.29, 0.717) is 12.1 Å². The van der Waals surface area contributed by atoms with Gasteiger partial charge in [0, 0.05) is 31.2 Å². The number of amides is 1. The molecule has 0 radical (unpaired) electrons. The van der Waals surface area contributed by atoms with Gasteiger partial charge in [0.1, 0.15) is 0 Å². The minimum absolute atomic E-state index is 0.139. The predicted molar refractivity (Wildman–Crippen MR) is 105 cm³/mol. The topological polar surface area (TPSA) is 69.6 Å². The molecule has 0 saturated heterocycles. The maximum Gasteiger partial charge on any atom is 0.335 e. The molecule has 1 aliphatic rings. The van der Waals surface area contributed by atoms with Crippen LogP contribution in [0.25, 0.3) is 0 Å². The van der Waals surface area contributed by atoms with Crippen LogP contribution >= 0.6 is 0 Å². The van der Waals surface area contributed by atoms with E-state index in [2.05, 4.69) is 41.4 Å². The number of carboxylic acids is 1. The first-order valence-corrected chi connectivity index (χ1v) is 9.42. The van der Waals surface area contributed by atoms with Crippen LogP contribution in [0.3, 0.4) is 0 Å². The number of benzene rings is 2. The lowest BCUT2D eigenvalue weighted by Gasteiger charge is -2.35. The Kier molecular flexibility index (Phi) is 5.91. The highest BCUT2D eigenvalue weighted by Crippen LogP contribution is 2.21. The van der Waals surface area contributed by atoms with Gasteiger partial charge in [-0.05, 0) is 54.7 Å². The van der Waals surface area contributed by atoms with Crippen LogP contribution in [-0.2, 0) is 13.0 Å². The largest absolute Gasteiger partial charge is 0.478 e. The Bertz CT molecular complexity index is 847. The molecular formula is C22H26N2O3. The molecule has 142 valence electrons. The second-order valence-electron chi connectivity index (χ2n) is 7.15. The fraction of sp³-hybridized carbons (Fsp3) is 0.364. The molecule has 2 aromatic carbocycles. The summed E-state index contributed by atoms with van der Waals surface area (Å²) in [6, 6.07) is 13.5. The predicted octanol–water partition coefficient (Wildman–Crippen LogP) is 3.26. The van der Waals surface area contributed by atoms with Crippen molar-refractivity contribution in [3.05, 3.63) is 70.3 Å². The van der Waals surface area contributed by atoms with Crippen molar-refractivity contribution in [3.8, 4) is 0 Å². The minimum atomic E-state index is -1.02. The van der Waals surface area contributed by atoms with Crippen LogP contribution in [-0.4, -0.2) is 41.0 Å². The van der Waals surface area contributed by atoms with Crippen molar-refractivity contribution < 1.29 is 14.7 Å². The van der Waals surface area contributed by atoms with Crippen molar-refractivity contribution >= 4 is 11.9 Å². The van der Waals surface area contributed by atoms with E-state index in [4.69, 9.17) is 0 Å². The van der Waals surface area contributed by atoms with Gasteiger partial charge >= 0.3 is 5.97 Å². The van der Waals surface area contributed by atoms with E-state index in [0.717, 1.165) is 31.5 Å². The number of fused-ring (bicyclic) bond motifs is 1. The molecule has 1 heterocycles. The van der Waals surface area contributed by atoms with E-state index < -0.39 is 5.97 Å². The van der Waals surface area contributed by atoms with E-state index in [1.54, 1.807) is 19.1 Å². The lowest BCUT2D eigenvalue weighted by atomic mass is 9.98. The van der Waals surface area contributed by atoms with Crippen LogP contribution in [0.2, 0.25) is 0 Å². The molecule has 0 aromatic heterocycles. The third-order valence-electron chi connectivity index (χ3n) is 5.23. The monoisotopic (exact) mass is 366 g/mol. The fourth-order valence-corrected chi connectivity index (χ4v) is 3.71. The van der Waals surface area contributed by atoms with E-state index >= 15 is 0 Å². The lowest BCUT2D eigenvalue weighted by Crippen LogP contribution is -2.45. The Morgan fingerprint density at radius 2 is 1.85 bits per heavy atom. The van der Waals surface area contributed by atoms with E-state index in [-0.39, 0.29) is 17.5 Å². The van der Waals surface area contributed by atoms with Crippen molar-refractivity contribution in [1.82, 2.24) is 10.2 Å². The number of nitrogens with one attached hydrogen (secondary N) is 1. The van der Waals surface area contributed by atoms with Gasteiger partial charge in [-0.15, -0.1) is 0 Å². The molecule has 5 heteroatoms. The van der Waals surface area contributed by atoms with E-state index in [9.17, 15) is 14.7 Å². The van der Waals surface area contributed by atoms with Crippen molar-refractivity contribution in [2.24, 2.45) is 0 Å². The maximum absolute atomic E-state index is 12.6. The smallest absolute Gasteiger partial charge is 0.335 e. The number of hydrogen-bond acceptors (Lipinski definition) is 3. The molecule has 5 nitrogen and oxygen atoms in total. The highest BCUT2D eigenvalue weighted by atomic mass is 16.4. The van der Waals surface area contributed by atoms with Crippen molar-refractivity contribution in [1.29, 1.82) is 0 Å². The Labute approximate surface area is 160 Å². The summed E-state index contributed by atoms with van der Waals surface area (Å²) in [6.07, 6.45) is 1.97.